The lowest BCUT2D eigenvalue weighted by molar-refractivity contribution is 0.683. The molecule has 0 unspecified atom stereocenters. The maximum Gasteiger partial charge on any atom is 0.189 e. The molecule has 3 nitrogen and oxygen atoms in total. The summed E-state index contributed by atoms with van der Waals surface area (Å²) in [6.07, 6.45) is 8.90. The quantitative estimate of drug-likeness (QED) is 0.439. The van der Waals surface area contributed by atoms with Crippen LogP contribution in [0.2, 0.25) is 0 Å². The maximum absolute atomic E-state index is 4.35. The van der Waals surface area contributed by atoms with Crippen molar-refractivity contribution in [1.82, 2.24) is 9.97 Å². The first-order valence-electron chi connectivity index (χ1n) is 5.47. The number of rotatable bonds is 7. The van der Waals surface area contributed by atoms with Crippen molar-refractivity contribution in [2.24, 2.45) is 0 Å². The standard InChI is InChI=1S/C11H19N3S/c1-3-4-5-6-8-12-10-7-9-13-11(14-10)15-2/h7,9H,3-6,8H2,1-2H3,(H,12,13,14). The number of aromatic nitrogens is 2. The zero-order valence-electron chi connectivity index (χ0n) is 9.49. The number of anilines is 1. The third-order valence-electron chi connectivity index (χ3n) is 2.15. The first kappa shape index (κ1) is 12.3. The lowest BCUT2D eigenvalue weighted by atomic mass is 10.2. The van der Waals surface area contributed by atoms with Gasteiger partial charge >= 0.3 is 0 Å². The van der Waals surface area contributed by atoms with E-state index in [1.54, 1.807) is 18.0 Å². The van der Waals surface area contributed by atoms with Gasteiger partial charge in [0, 0.05) is 12.7 Å². The van der Waals surface area contributed by atoms with Crippen LogP contribution in [0.4, 0.5) is 5.82 Å². The van der Waals surface area contributed by atoms with Crippen LogP contribution in [0.5, 0.6) is 0 Å². The molecule has 0 aromatic carbocycles. The third kappa shape index (κ3) is 5.02. The van der Waals surface area contributed by atoms with Gasteiger partial charge in [0.1, 0.15) is 5.82 Å². The molecule has 4 heteroatoms. The molecule has 1 aromatic heterocycles. The fraction of sp³-hybridized carbons (Fsp3) is 0.636. The Morgan fingerprint density at radius 2 is 2.20 bits per heavy atom. The minimum atomic E-state index is 0.827. The Morgan fingerprint density at radius 1 is 1.33 bits per heavy atom. The molecule has 0 amide bonds. The van der Waals surface area contributed by atoms with Crippen LogP contribution in [-0.4, -0.2) is 22.8 Å². The van der Waals surface area contributed by atoms with Crippen molar-refractivity contribution in [3.05, 3.63) is 12.3 Å². The van der Waals surface area contributed by atoms with Gasteiger partial charge in [-0.05, 0) is 18.7 Å². The molecular weight excluding hydrogens is 206 g/mol. The summed E-state index contributed by atoms with van der Waals surface area (Å²) in [5, 5.41) is 4.14. The van der Waals surface area contributed by atoms with Gasteiger partial charge in [-0.15, -0.1) is 0 Å². The van der Waals surface area contributed by atoms with Crippen molar-refractivity contribution in [2.45, 2.75) is 37.8 Å². The third-order valence-corrected chi connectivity index (χ3v) is 2.71. The van der Waals surface area contributed by atoms with Crippen LogP contribution >= 0.6 is 11.8 Å². The highest BCUT2D eigenvalue weighted by atomic mass is 32.2. The van der Waals surface area contributed by atoms with Gasteiger partial charge in [-0.3, -0.25) is 0 Å². The van der Waals surface area contributed by atoms with Crippen molar-refractivity contribution < 1.29 is 0 Å². The predicted octanol–water partition coefficient (Wildman–Crippen LogP) is 3.19. The molecule has 84 valence electrons. The SMILES string of the molecule is CCCCCCNc1ccnc(SC)n1. The van der Waals surface area contributed by atoms with E-state index in [2.05, 4.69) is 22.2 Å². The largest absolute Gasteiger partial charge is 0.370 e. The van der Waals surface area contributed by atoms with E-state index in [0.29, 0.717) is 0 Å². The Balaban J connectivity index is 2.24. The second kappa shape index (κ2) is 7.51. The molecule has 0 radical (unpaired) electrons. The molecule has 0 atom stereocenters. The van der Waals surface area contributed by atoms with E-state index in [-0.39, 0.29) is 0 Å². The summed E-state index contributed by atoms with van der Waals surface area (Å²) in [5.74, 6) is 0.936. The molecule has 0 saturated carbocycles. The Kier molecular flexibility index (Phi) is 6.16. The lowest BCUT2D eigenvalue weighted by Crippen LogP contribution is -2.03. The summed E-state index contributed by atoms with van der Waals surface area (Å²) < 4.78 is 0. The molecule has 1 heterocycles. The molecule has 0 aliphatic rings. The zero-order valence-corrected chi connectivity index (χ0v) is 10.3. The number of hydrogen-bond donors (Lipinski definition) is 1. The molecule has 0 spiro atoms. The second-order valence-electron chi connectivity index (χ2n) is 3.42. The Hall–Kier alpha value is -0.770. The lowest BCUT2D eigenvalue weighted by Gasteiger charge is -2.05. The van der Waals surface area contributed by atoms with Gasteiger partial charge in [0.2, 0.25) is 0 Å². The number of unbranched alkanes of at least 4 members (excludes halogenated alkanes) is 3. The van der Waals surface area contributed by atoms with E-state index in [1.165, 1.54) is 25.7 Å². The number of thioether (sulfide) groups is 1. The molecular formula is C11H19N3S. The van der Waals surface area contributed by atoms with Gasteiger partial charge in [0.05, 0.1) is 0 Å². The van der Waals surface area contributed by atoms with Crippen LogP contribution in [0.3, 0.4) is 0 Å². The highest BCUT2D eigenvalue weighted by molar-refractivity contribution is 7.98. The molecule has 0 bridgehead atoms. The summed E-state index contributed by atoms with van der Waals surface area (Å²) in [7, 11) is 0. The van der Waals surface area contributed by atoms with Crippen molar-refractivity contribution in [2.75, 3.05) is 18.1 Å². The van der Waals surface area contributed by atoms with Crippen LogP contribution in [0.1, 0.15) is 32.6 Å². The average molecular weight is 225 g/mol. The monoisotopic (exact) mass is 225 g/mol. The normalized spacial score (nSPS) is 10.3. The zero-order chi connectivity index (χ0) is 10.9. The summed E-state index contributed by atoms with van der Waals surface area (Å²) in [4.78, 5) is 8.48. The fourth-order valence-electron chi connectivity index (χ4n) is 1.31. The van der Waals surface area contributed by atoms with Crippen LogP contribution < -0.4 is 5.32 Å². The van der Waals surface area contributed by atoms with Gasteiger partial charge in [-0.2, -0.15) is 0 Å². The van der Waals surface area contributed by atoms with Crippen molar-refractivity contribution in [3.63, 3.8) is 0 Å². The molecule has 1 aromatic rings. The van der Waals surface area contributed by atoms with Crippen LogP contribution in [0.25, 0.3) is 0 Å². The second-order valence-corrected chi connectivity index (χ2v) is 4.19. The fourth-order valence-corrected chi connectivity index (χ4v) is 1.66. The minimum Gasteiger partial charge on any atom is -0.370 e. The summed E-state index contributed by atoms with van der Waals surface area (Å²) >= 11 is 1.57. The Labute approximate surface area is 96.1 Å². The summed E-state index contributed by atoms with van der Waals surface area (Å²) in [5.41, 5.74) is 0. The van der Waals surface area contributed by atoms with Crippen molar-refractivity contribution in [3.8, 4) is 0 Å². The summed E-state index contributed by atoms with van der Waals surface area (Å²) in [6.45, 7) is 3.23. The minimum absolute atomic E-state index is 0.827. The first-order chi connectivity index (χ1) is 7.36. The van der Waals surface area contributed by atoms with Gasteiger partial charge in [-0.1, -0.05) is 37.9 Å². The van der Waals surface area contributed by atoms with E-state index in [1.807, 2.05) is 12.3 Å². The van der Waals surface area contributed by atoms with Crippen LogP contribution in [-0.2, 0) is 0 Å². The van der Waals surface area contributed by atoms with Crippen LogP contribution in [0, 0.1) is 0 Å². The molecule has 15 heavy (non-hydrogen) atoms. The first-order valence-corrected chi connectivity index (χ1v) is 6.70. The molecule has 0 aliphatic carbocycles. The molecule has 0 aliphatic heterocycles. The molecule has 0 fully saturated rings. The maximum atomic E-state index is 4.35. The Bertz CT molecular complexity index is 278. The van der Waals surface area contributed by atoms with E-state index < -0.39 is 0 Å². The number of nitrogens with zero attached hydrogens (tertiary/aromatic N) is 2. The van der Waals surface area contributed by atoms with Crippen molar-refractivity contribution >= 4 is 17.6 Å². The number of nitrogens with one attached hydrogen (secondary N) is 1. The van der Waals surface area contributed by atoms with Gasteiger partial charge in [0.25, 0.3) is 0 Å². The molecule has 1 rings (SSSR count). The van der Waals surface area contributed by atoms with E-state index in [9.17, 15) is 0 Å². The smallest absolute Gasteiger partial charge is 0.189 e. The van der Waals surface area contributed by atoms with Gasteiger partial charge < -0.3 is 5.32 Å². The Morgan fingerprint density at radius 3 is 2.93 bits per heavy atom. The average Bonchev–Trinajstić information content (AvgIpc) is 2.29. The van der Waals surface area contributed by atoms with Crippen molar-refractivity contribution in [1.29, 1.82) is 0 Å². The molecule has 1 N–H and O–H groups in total. The van der Waals surface area contributed by atoms with Gasteiger partial charge in [0.15, 0.2) is 5.16 Å². The highest BCUT2D eigenvalue weighted by Crippen LogP contribution is 2.10. The van der Waals surface area contributed by atoms with E-state index >= 15 is 0 Å². The topological polar surface area (TPSA) is 37.8 Å². The number of hydrogen-bond acceptors (Lipinski definition) is 4. The van der Waals surface area contributed by atoms with Crippen LogP contribution in [0.15, 0.2) is 17.4 Å². The van der Waals surface area contributed by atoms with E-state index in [0.717, 1.165) is 17.5 Å². The van der Waals surface area contributed by atoms with E-state index in [4.69, 9.17) is 0 Å². The van der Waals surface area contributed by atoms with Gasteiger partial charge in [-0.25, -0.2) is 9.97 Å². The molecule has 0 saturated heterocycles. The summed E-state index contributed by atoms with van der Waals surface area (Å²) in [6, 6.07) is 1.92. The highest BCUT2D eigenvalue weighted by Gasteiger charge is 1.96. The predicted molar refractivity (Wildman–Crippen MR) is 66.4 cm³/mol.